The second-order valence-corrected chi connectivity index (χ2v) is 9.42. The molecule has 1 saturated heterocycles. The molecule has 3 N–H and O–H groups in total. The van der Waals surface area contributed by atoms with Crippen molar-refractivity contribution in [2.45, 2.75) is 44.2 Å². The normalized spacial score (nSPS) is 19.1. The maximum absolute atomic E-state index is 12.3. The number of hydrogen-bond acceptors (Lipinski definition) is 4. The number of likely N-dealkylation sites (tertiary alicyclic amines) is 1. The number of anilines is 1. The summed E-state index contributed by atoms with van der Waals surface area (Å²) in [4.78, 5) is 30.4. The minimum absolute atomic E-state index is 0.00804. The highest BCUT2D eigenvalue weighted by Crippen LogP contribution is 2.34. The Morgan fingerprint density at radius 2 is 2.06 bits per heavy atom. The molecule has 1 aromatic heterocycles. The first-order chi connectivity index (χ1) is 16.0. The van der Waals surface area contributed by atoms with E-state index >= 15 is 0 Å². The monoisotopic (exact) mass is 444 g/mol. The molecule has 0 spiro atoms. The number of hydrogen-bond donors (Lipinski definition) is 2. The Bertz CT molecular complexity index is 1160. The summed E-state index contributed by atoms with van der Waals surface area (Å²) in [7, 11) is 0. The van der Waals surface area contributed by atoms with Gasteiger partial charge in [0.25, 0.3) is 5.91 Å². The number of allylic oxidation sites excluding steroid dienone is 1. The molecule has 8 heteroatoms. The second-order valence-electron chi connectivity index (χ2n) is 9.42. The van der Waals surface area contributed by atoms with E-state index in [0.29, 0.717) is 0 Å². The van der Waals surface area contributed by atoms with Crippen molar-refractivity contribution in [3.05, 3.63) is 64.1 Å². The lowest BCUT2D eigenvalue weighted by atomic mass is 9.87. The quantitative estimate of drug-likeness (QED) is 0.642. The molecule has 8 nitrogen and oxygen atoms in total. The van der Waals surface area contributed by atoms with E-state index in [0.717, 1.165) is 51.7 Å². The van der Waals surface area contributed by atoms with E-state index < -0.39 is 11.4 Å². The highest BCUT2D eigenvalue weighted by molar-refractivity contribution is 6.02. The smallest absolute Gasteiger partial charge is 0.254 e. The summed E-state index contributed by atoms with van der Waals surface area (Å²) in [6.45, 7) is 10.3. The molecule has 1 aromatic carbocycles. The molecular formula is C25H28N6O2. The number of primary amides is 1. The lowest BCUT2D eigenvalue weighted by molar-refractivity contribution is -0.117. The van der Waals surface area contributed by atoms with Crippen LogP contribution in [0.5, 0.6) is 0 Å². The van der Waals surface area contributed by atoms with Gasteiger partial charge in [-0.05, 0) is 48.8 Å². The summed E-state index contributed by atoms with van der Waals surface area (Å²) in [5, 5.41) is 7.33. The summed E-state index contributed by atoms with van der Waals surface area (Å²) < 4.78 is 1.71. The topological polar surface area (TPSA) is 97.6 Å². The van der Waals surface area contributed by atoms with Crippen molar-refractivity contribution in [2.24, 2.45) is 11.7 Å². The molecule has 170 valence electrons. The fourth-order valence-corrected chi connectivity index (χ4v) is 4.86. The molecule has 2 amide bonds. The van der Waals surface area contributed by atoms with Crippen molar-refractivity contribution in [1.29, 1.82) is 0 Å². The number of nitrogens with zero attached hydrogens (tertiary/aromatic N) is 4. The van der Waals surface area contributed by atoms with Crippen molar-refractivity contribution in [2.75, 3.05) is 25.0 Å². The Morgan fingerprint density at radius 1 is 1.27 bits per heavy atom. The number of amides is 2. The van der Waals surface area contributed by atoms with Gasteiger partial charge in [-0.2, -0.15) is 5.10 Å². The fourth-order valence-electron chi connectivity index (χ4n) is 4.86. The molecular weight excluding hydrogens is 416 g/mol. The number of rotatable bonds is 7. The van der Waals surface area contributed by atoms with E-state index in [1.54, 1.807) is 10.9 Å². The lowest BCUT2D eigenvalue weighted by Gasteiger charge is -2.38. The van der Waals surface area contributed by atoms with Gasteiger partial charge in [-0.15, -0.1) is 0 Å². The van der Waals surface area contributed by atoms with Crippen molar-refractivity contribution in [3.63, 3.8) is 0 Å². The Kier molecular flexibility index (Phi) is 5.51. The van der Waals surface area contributed by atoms with Gasteiger partial charge in [-0.1, -0.05) is 30.4 Å². The molecule has 33 heavy (non-hydrogen) atoms. The van der Waals surface area contributed by atoms with E-state index in [1.807, 2.05) is 0 Å². The van der Waals surface area contributed by atoms with Gasteiger partial charge in [0.1, 0.15) is 11.1 Å². The molecule has 0 bridgehead atoms. The number of nitrogens with one attached hydrogen (secondary N) is 1. The predicted octanol–water partition coefficient (Wildman–Crippen LogP) is 2.81. The second kappa shape index (κ2) is 8.49. The summed E-state index contributed by atoms with van der Waals surface area (Å²) in [6, 6.07) is 6.67. The van der Waals surface area contributed by atoms with Crippen LogP contribution in [0.1, 0.15) is 52.7 Å². The van der Waals surface area contributed by atoms with Crippen molar-refractivity contribution >= 4 is 23.7 Å². The molecule has 0 radical (unpaired) electrons. The first-order valence-corrected chi connectivity index (χ1v) is 11.5. The zero-order valence-electron chi connectivity index (χ0n) is 18.6. The fraction of sp³-hybridized carbons (Fsp3) is 0.440. The Labute approximate surface area is 193 Å². The maximum atomic E-state index is 12.3. The Balaban J connectivity index is 1.32. The van der Waals surface area contributed by atoms with Gasteiger partial charge in [-0.3, -0.25) is 19.2 Å². The average Bonchev–Trinajstić information content (AvgIpc) is 3.40. The first kappa shape index (κ1) is 21.4. The van der Waals surface area contributed by atoms with Gasteiger partial charge in [0.2, 0.25) is 12.5 Å². The van der Waals surface area contributed by atoms with Gasteiger partial charge in [0.05, 0.1) is 0 Å². The SMILES string of the molecule is [C-]#[N+]CC1(n2cc(C(N)=O)c(NC(=O)C3CC3)n2)CCN(Cc2ccc3c(c2)CC=C3)CC1. The third-order valence-corrected chi connectivity index (χ3v) is 7.06. The summed E-state index contributed by atoms with van der Waals surface area (Å²) in [5.74, 6) is -0.556. The van der Waals surface area contributed by atoms with E-state index in [4.69, 9.17) is 12.3 Å². The minimum atomic E-state index is -0.631. The molecule has 3 aliphatic rings. The number of piperidine rings is 1. The van der Waals surface area contributed by atoms with E-state index in [9.17, 15) is 9.59 Å². The molecule has 1 aliphatic heterocycles. The van der Waals surface area contributed by atoms with Crippen LogP contribution in [-0.2, 0) is 23.3 Å². The van der Waals surface area contributed by atoms with E-state index in [1.165, 1.54) is 16.7 Å². The minimum Gasteiger partial charge on any atom is -0.365 e. The molecule has 2 aromatic rings. The molecule has 2 heterocycles. The van der Waals surface area contributed by atoms with Crippen LogP contribution in [0.4, 0.5) is 5.82 Å². The largest absolute Gasteiger partial charge is 0.365 e. The highest BCUT2D eigenvalue weighted by atomic mass is 16.2. The third kappa shape index (κ3) is 4.29. The molecule has 5 rings (SSSR count). The molecule has 1 saturated carbocycles. The lowest BCUT2D eigenvalue weighted by Crippen LogP contribution is -2.48. The van der Waals surface area contributed by atoms with Gasteiger partial charge < -0.3 is 15.9 Å². The molecule has 0 atom stereocenters. The number of carbonyl (C=O) groups excluding carboxylic acids is 2. The van der Waals surface area contributed by atoms with Gasteiger partial charge in [-0.25, -0.2) is 6.57 Å². The van der Waals surface area contributed by atoms with Crippen LogP contribution < -0.4 is 11.1 Å². The highest BCUT2D eigenvalue weighted by Gasteiger charge is 2.41. The van der Waals surface area contributed by atoms with Crippen LogP contribution in [0.2, 0.25) is 0 Å². The summed E-state index contributed by atoms with van der Waals surface area (Å²) in [5.41, 5.74) is 9.23. The predicted molar refractivity (Wildman–Crippen MR) is 125 cm³/mol. The van der Waals surface area contributed by atoms with Crippen LogP contribution >= 0.6 is 0 Å². The average molecular weight is 445 g/mol. The number of fused-ring (bicyclic) bond motifs is 1. The van der Waals surface area contributed by atoms with Crippen LogP contribution in [0.3, 0.4) is 0 Å². The summed E-state index contributed by atoms with van der Waals surface area (Å²) >= 11 is 0. The van der Waals surface area contributed by atoms with E-state index in [-0.39, 0.29) is 29.8 Å². The molecule has 2 fully saturated rings. The number of aromatic nitrogens is 2. The Morgan fingerprint density at radius 3 is 2.76 bits per heavy atom. The van der Waals surface area contributed by atoms with Crippen molar-refractivity contribution in [3.8, 4) is 0 Å². The third-order valence-electron chi connectivity index (χ3n) is 7.06. The van der Waals surface area contributed by atoms with Gasteiger partial charge in [0, 0.05) is 31.7 Å². The first-order valence-electron chi connectivity index (χ1n) is 11.5. The Hall–Kier alpha value is -3.44. The standard InChI is InChI=1S/C25H28N6O2/c1-27-16-25(31-15-21(22(26)32)23(29-31)28-24(33)19-7-8-19)9-11-30(12-10-25)14-17-5-6-18-3-2-4-20(18)13-17/h2-3,5-6,13,15,19H,4,7-12,14,16H2,(H2,26,32)(H,28,29,33). The van der Waals surface area contributed by atoms with E-state index in [2.05, 4.69) is 50.5 Å². The number of carbonyl (C=O) groups is 2. The number of nitrogens with two attached hydrogens (primary N) is 1. The zero-order chi connectivity index (χ0) is 23.0. The zero-order valence-corrected chi connectivity index (χ0v) is 18.6. The van der Waals surface area contributed by atoms with Crippen molar-refractivity contribution in [1.82, 2.24) is 14.7 Å². The van der Waals surface area contributed by atoms with Crippen LogP contribution in [0, 0.1) is 12.5 Å². The molecule has 2 aliphatic carbocycles. The summed E-state index contributed by atoms with van der Waals surface area (Å²) in [6.07, 6.45) is 10.2. The van der Waals surface area contributed by atoms with Crippen LogP contribution in [0.25, 0.3) is 10.9 Å². The van der Waals surface area contributed by atoms with Crippen LogP contribution in [0.15, 0.2) is 30.5 Å². The van der Waals surface area contributed by atoms with Crippen LogP contribution in [-0.4, -0.2) is 46.1 Å². The number of benzene rings is 1. The van der Waals surface area contributed by atoms with Crippen molar-refractivity contribution < 1.29 is 9.59 Å². The van der Waals surface area contributed by atoms with Gasteiger partial charge in [0.15, 0.2) is 5.82 Å². The van der Waals surface area contributed by atoms with Gasteiger partial charge >= 0.3 is 0 Å². The molecule has 0 unspecified atom stereocenters. The maximum Gasteiger partial charge on any atom is 0.254 e.